The summed E-state index contributed by atoms with van der Waals surface area (Å²) in [5.41, 5.74) is 0.971. The number of ether oxygens (including phenoxy) is 1. The number of likely N-dealkylation sites (tertiary alicyclic amines) is 1. The molecule has 0 radical (unpaired) electrons. The smallest absolute Gasteiger partial charge is 0.276 e. The van der Waals surface area contributed by atoms with Gasteiger partial charge in [0, 0.05) is 46.1 Å². The molecule has 156 valence electrons. The zero-order valence-electron chi connectivity index (χ0n) is 17.1. The molecule has 0 N–H and O–H groups in total. The number of rotatable bonds is 4. The van der Waals surface area contributed by atoms with E-state index in [1.54, 1.807) is 25.9 Å². The Kier molecular flexibility index (Phi) is 5.35. The number of carbonyl (C=O) groups is 2. The molecule has 2 aliphatic heterocycles. The second kappa shape index (κ2) is 7.94. The average molecular weight is 402 g/mol. The Morgan fingerprint density at radius 2 is 2.03 bits per heavy atom. The minimum Gasteiger partial charge on any atom is -0.380 e. The number of methoxy groups -OCH3 is 1. The van der Waals surface area contributed by atoms with Crippen molar-refractivity contribution in [2.75, 3.05) is 26.7 Å². The Morgan fingerprint density at radius 1 is 1.21 bits per heavy atom. The lowest BCUT2D eigenvalue weighted by Crippen LogP contribution is -2.41. The highest BCUT2D eigenvalue weighted by Crippen LogP contribution is 2.28. The SMILES string of the molecule is COCc1c(C(=O)N2CCn3c(nnc3C3CCCN(C(C)=O)C3)C2)noc1C. The first kappa shape index (κ1) is 19.6. The molecule has 0 saturated carbocycles. The maximum atomic E-state index is 13.0. The molecule has 1 saturated heterocycles. The van der Waals surface area contributed by atoms with Crippen molar-refractivity contribution in [1.82, 2.24) is 29.7 Å². The summed E-state index contributed by atoms with van der Waals surface area (Å²) in [6.07, 6.45) is 1.95. The molecule has 0 aromatic carbocycles. The maximum absolute atomic E-state index is 13.0. The number of carbonyl (C=O) groups excluding carboxylic acids is 2. The third-order valence-electron chi connectivity index (χ3n) is 5.78. The van der Waals surface area contributed by atoms with E-state index >= 15 is 0 Å². The van der Waals surface area contributed by atoms with Crippen molar-refractivity contribution in [1.29, 1.82) is 0 Å². The Labute approximate surface area is 168 Å². The third kappa shape index (κ3) is 3.64. The van der Waals surface area contributed by atoms with E-state index in [-0.39, 0.29) is 24.3 Å². The average Bonchev–Trinajstić information content (AvgIpc) is 3.31. The number of amides is 2. The third-order valence-corrected chi connectivity index (χ3v) is 5.78. The summed E-state index contributed by atoms with van der Waals surface area (Å²) < 4.78 is 12.5. The van der Waals surface area contributed by atoms with Crippen molar-refractivity contribution in [3.63, 3.8) is 0 Å². The molecule has 4 heterocycles. The van der Waals surface area contributed by atoms with E-state index < -0.39 is 0 Å². The molecule has 2 aliphatic rings. The lowest BCUT2D eigenvalue weighted by molar-refractivity contribution is -0.130. The van der Waals surface area contributed by atoms with Crippen LogP contribution in [-0.4, -0.2) is 68.3 Å². The highest BCUT2D eigenvalue weighted by atomic mass is 16.5. The van der Waals surface area contributed by atoms with Crippen LogP contribution in [-0.2, 0) is 29.2 Å². The van der Waals surface area contributed by atoms with Gasteiger partial charge in [0.15, 0.2) is 11.5 Å². The van der Waals surface area contributed by atoms with Gasteiger partial charge in [-0.2, -0.15) is 0 Å². The minimum absolute atomic E-state index is 0.0969. The van der Waals surface area contributed by atoms with Crippen LogP contribution in [0.1, 0.15) is 59.1 Å². The van der Waals surface area contributed by atoms with E-state index in [1.807, 2.05) is 4.90 Å². The fourth-order valence-electron chi connectivity index (χ4n) is 4.15. The highest BCUT2D eigenvalue weighted by molar-refractivity contribution is 5.93. The molecular weight excluding hydrogens is 376 g/mol. The summed E-state index contributed by atoms with van der Waals surface area (Å²) in [4.78, 5) is 28.3. The van der Waals surface area contributed by atoms with Gasteiger partial charge in [0.25, 0.3) is 5.91 Å². The Balaban J connectivity index is 1.50. The Morgan fingerprint density at radius 3 is 2.79 bits per heavy atom. The first-order chi connectivity index (χ1) is 14.0. The van der Waals surface area contributed by atoms with Crippen LogP contribution >= 0.6 is 0 Å². The zero-order chi connectivity index (χ0) is 20.5. The quantitative estimate of drug-likeness (QED) is 0.754. The van der Waals surface area contributed by atoms with Crippen molar-refractivity contribution in [2.24, 2.45) is 0 Å². The molecule has 0 spiro atoms. The summed E-state index contributed by atoms with van der Waals surface area (Å²) in [5, 5.41) is 12.7. The number of hydrogen-bond acceptors (Lipinski definition) is 7. The van der Waals surface area contributed by atoms with Crippen molar-refractivity contribution in [3.05, 3.63) is 28.7 Å². The maximum Gasteiger partial charge on any atom is 0.276 e. The number of nitrogens with zero attached hydrogens (tertiary/aromatic N) is 6. The van der Waals surface area contributed by atoms with E-state index in [9.17, 15) is 9.59 Å². The van der Waals surface area contributed by atoms with Gasteiger partial charge < -0.3 is 23.6 Å². The van der Waals surface area contributed by atoms with Crippen LogP contribution in [0.15, 0.2) is 4.52 Å². The van der Waals surface area contributed by atoms with Crippen molar-refractivity contribution in [3.8, 4) is 0 Å². The molecule has 2 aromatic rings. The van der Waals surface area contributed by atoms with Gasteiger partial charge in [-0.25, -0.2) is 0 Å². The molecule has 1 atom stereocenters. The standard InChI is InChI=1S/C19H26N6O4/c1-12-15(11-28-3)17(22-29-12)19(27)24-7-8-25-16(10-24)20-21-18(25)14-5-4-6-23(9-14)13(2)26/h14H,4-11H2,1-3H3. The molecule has 1 fully saturated rings. The van der Waals surface area contributed by atoms with Gasteiger partial charge in [0.05, 0.1) is 18.7 Å². The number of piperidine rings is 1. The Bertz CT molecular complexity index is 920. The van der Waals surface area contributed by atoms with E-state index in [1.165, 1.54) is 0 Å². The molecule has 2 amide bonds. The highest BCUT2D eigenvalue weighted by Gasteiger charge is 2.32. The summed E-state index contributed by atoms with van der Waals surface area (Å²) >= 11 is 0. The molecular formula is C19H26N6O4. The zero-order valence-corrected chi connectivity index (χ0v) is 17.1. The lowest BCUT2D eigenvalue weighted by atomic mass is 9.97. The van der Waals surface area contributed by atoms with Gasteiger partial charge in [0.1, 0.15) is 11.6 Å². The summed E-state index contributed by atoms with van der Waals surface area (Å²) in [6, 6.07) is 0. The van der Waals surface area contributed by atoms with Crippen molar-refractivity contribution >= 4 is 11.8 Å². The topological polar surface area (TPSA) is 107 Å². The minimum atomic E-state index is -0.190. The Hall–Kier alpha value is -2.75. The van der Waals surface area contributed by atoms with Crippen LogP contribution in [0.5, 0.6) is 0 Å². The monoisotopic (exact) mass is 402 g/mol. The molecule has 2 aromatic heterocycles. The predicted molar refractivity (Wildman–Crippen MR) is 101 cm³/mol. The second-order valence-electron chi connectivity index (χ2n) is 7.66. The number of aromatic nitrogens is 4. The van der Waals surface area contributed by atoms with Crippen LogP contribution in [0.3, 0.4) is 0 Å². The van der Waals surface area contributed by atoms with Gasteiger partial charge in [0.2, 0.25) is 5.91 Å². The number of hydrogen-bond donors (Lipinski definition) is 0. The lowest BCUT2D eigenvalue weighted by Gasteiger charge is -2.33. The molecule has 0 bridgehead atoms. The second-order valence-corrected chi connectivity index (χ2v) is 7.66. The van der Waals surface area contributed by atoms with Gasteiger partial charge in [-0.15, -0.1) is 10.2 Å². The first-order valence-corrected chi connectivity index (χ1v) is 9.90. The van der Waals surface area contributed by atoms with E-state index in [0.717, 1.165) is 31.0 Å². The van der Waals surface area contributed by atoms with Crippen LogP contribution in [0.25, 0.3) is 0 Å². The van der Waals surface area contributed by atoms with E-state index in [4.69, 9.17) is 9.26 Å². The molecule has 29 heavy (non-hydrogen) atoms. The summed E-state index contributed by atoms with van der Waals surface area (Å²) in [5.74, 6) is 2.35. The molecule has 10 heteroatoms. The van der Waals surface area contributed by atoms with Crippen molar-refractivity contribution < 1.29 is 18.8 Å². The number of aryl methyl sites for hydroxylation is 1. The van der Waals surface area contributed by atoms with Gasteiger partial charge >= 0.3 is 0 Å². The van der Waals surface area contributed by atoms with Crippen LogP contribution < -0.4 is 0 Å². The predicted octanol–water partition coefficient (Wildman–Crippen LogP) is 1.10. The number of fused-ring (bicyclic) bond motifs is 1. The molecule has 1 unspecified atom stereocenters. The van der Waals surface area contributed by atoms with E-state index in [0.29, 0.717) is 43.2 Å². The fourth-order valence-corrected chi connectivity index (χ4v) is 4.15. The molecule has 4 rings (SSSR count). The fraction of sp³-hybridized carbons (Fsp3) is 0.632. The van der Waals surface area contributed by atoms with Crippen LogP contribution in [0, 0.1) is 6.92 Å². The first-order valence-electron chi connectivity index (χ1n) is 9.90. The normalized spacial score (nSPS) is 19.3. The summed E-state index contributed by atoms with van der Waals surface area (Å²) in [7, 11) is 1.57. The largest absolute Gasteiger partial charge is 0.380 e. The molecule has 0 aliphatic carbocycles. The van der Waals surface area contributed by atoms with Gasteiger partial charge in [-0.3, -0.25) is 9.59 Å². The van der Waals surface area contributed by atoms with Gasteiger partial charge in [-0.05, 0) is 19.8 Å². The van der Waals surface area contributed by atoms with Gasteiger partial charge in [-0.1, -0.05) is 5.16 Å². The summed E-state index contributed by atoms with van der Waals surface area (Å²) in [6.45, 7) is 6.66. The van der Waals surface area contributed by atoms with Crippen LogP contribution in [0.2, 0.25) is 0 Å². The van der Waals surface area contributed by atoms with E-state index in [2.05, 4.69) is 19.9 Å². The molecule has 10 nitrogen and oxygen atoms in total. The van der Waals surface area contributed by atoms with Crippen LogP contribution in [0.4, 0.5) is 0 Å². The van der Waals surface area contributed by atoms with Crippen molar-refractivity contribution in [2.45, 2.75) is 52.3 Å².